The fourth-order valence-electron chi connectivity index (χ4n) is 2.21. The molecule has 0 radical (unpaired) electrons. The van der Waals surface area contributed by atoms with Gasteiger partial charge in [0.2, 0.25) is 5.91 Å². The van der Waals surface area contributed by atoms with E-state index in [0.717, 1.165) is 22.8 Å². The van der Waals surface area contributed by atoms with Crippen LogP contribution in [-0.2, 0) is 4.79 Å². The van der Waals surface area contributed by atoms with Crippen LogP contribution in [0.25, 0.3) is 0 Å². The lowest BCUT2D eigenvalue weighted by atomic mass is 10.2. The molecule has 0 saturated carbocycles. The van der Waals surface area contributed by atoms with E-state index in [9.17, 15) is 4.79 Å². The van der Waals surface area contributed by atoms with E-state index in [-0.39, 0.29) is 12.0 Å². The SMILES string of the molecule is O=C(CSc1ccncc1)NCC[C@@H]1COc2ccccc2O1. The molecule has 1 N–H and O–H groups in total. The number of pyridine rings is 1. The number of nitrogens with zero attached hydrogens (tertiary/aromatic N) is 1. The number of thioether (sulfide) groups is 1. The van der Waals surface area contributed by atoms with Crippen LogP contribution in [0.1, 0.15) is 6.42 Å². The molecule has 1 aliphatic rings. The van der Waals surface area contributed by atoms with Gasteiger partial charge in [0.05, 0.1) is 5.75 Å². The van der Waals surface area contributed by atoms with Crippen LogP contribution in [-0.4, -0.2) is 35.9 Å². The number of carbonyl (C=O) groups excluding carboxylic acids is 1. The summed E-state index contributed by atoms with van der Waals surface area (Å²) in [5.74, 6) is 1.96. The Morgan fingerprint density at radius 2 is 2.00 bits per heavy atom. The molecule has 0 fully saturated rings. The zero-order valence-corrected chi connectivity index (χ0v) is 13.4. The van der Waals surface area contributed by atoms with E-state index in [1.807, 2.05) is 36.4 Å². The summed E-state index contributed by atoms with van der Waals surface area (Å²) in [7, 11) is 0. The van der Waals surface area contributed by atoms with Gasteiger partial charge in [-0.3, -0.25) is 9.78 Å². The van der Waals surface area contributed by atoms with Crippen LogP contribution in [0.3, 0.4) is 0 Å². The summed E-state index contributed by atoms with van der Waals surface area (Å²) in [4.78, 5) is 16.8. The molecule has 6 heteroatoms. The molecule has 0 bridgehead atoms. The normalized spacial score (nSPS) is 15.9. The van der Waals surface area contributed by atoms with E-state index in [0.29, 0.717) is 18.9 Å². The van der Waals surface area contributed by atoms with Gasteiger partial charge in [-0.1, -0.05) is 12.1 Å². The second-order valence-corrected chi connectivity index (χ2v) is 6.16. The Hall–Kier alpha value is -2.21. The van der Waals surface area contributed by atoms with Gasteiger partial charge in [-0.25, -0.2) is 0 Å². The third-order valence-electron chi connectivity index (χ3n) is 3.38. The number of hydrogen-bond donors (Lipinski definition) is 1. The number of fused-ring (bicyclic) bond motifs is 1. The van der Waals surface area contributed by atoms with Crippen molar-refractivity contribution in [3.63, 3.8) is 0 Å². The van der Waals surface area contributed by atoms with Crippen molar-refractivity contribution < 1.29 is 14.3 Å². The summed E-state index contributed by atoms with van der Waals surface area (Å²) in [5.41, 5.74) is 0. The molecule has 5 nitrogen and oxygen atoms in total. The maximum atomic E-state index is 11.8. The Morgan fingerprint density at radius 3 is 2.83 bits per heavy atom. The Bertz CT molecular complexity index is 651. The number of carbonyl (C=O) groups is 1. The standard InChI is InChI=1S/C17H18N2O3S/c20-17(12-23-14-6-8-18-9-7-14)19-10-5-13-11-21-15-3-1-2-4-16(15)22-13/h1-4,6-9,13H,5,10-12H2,(H,19,20)/t13-/m1/s1. The van der Waals surface area contributed by atoms with Crippen LogP contribution in [0.4, 0.5) is 0 Å². The average molecular weight is 330 g/mol. The quantitative estimate of drug-likeness (QED) is 0.825. The first-order valence-electron chi connectivity index (χ1n) is 7.49. The first-order chi connectivity index (χ1) is 11.3. The van der Waals surface area contributed by atoms with Crippen molar-refractivity contribution in [2.75, 3.05) is 18.9 Å². The predicted molar refractivity (Wildman–Crippen MR) is 88.9 cm³/mol. The Balaban J connectivity index is 1.36. The fraction of sp³-hybridized carbons (Fsp3) is 0.294. The monoisotopic (exact) mass is 330 g/mol. The Labute approximate surface area is 139 Å². The minimum absolute atomic E-state index is 0.0175. The molecule has 1 aromatic carbocycles. The van der Waals surface area contributed by atoms with Gasteiger partial charge in [0.15, 0.2) is 11.5 Å². The van der Waals surface area contributed by atoms with Gasteiger partial charge in [0.25, 0.3) is 0 Å². The third-order valence-corrected chi connectivity index (χ3v) is 4.39. The number of para-hydroxylation sites is 2. The molecular formula is C17H18N2O3S. The van der Waals surface area contributed by atoms with Crippen LogP contribution >= 0.6 is 11.8 Å². The average Bonchev–Trinajstić information content (AvgIpc) is 2.61. The summed E-state index contributed by atoms with van der Waals surface area (Å²) in [6, 6.07) is 11.4. The van der Waals surface area contributed by atoms with E-state index in [4.69, 9.17) is 9.47 Å². The van der Waals surface area contributed by atoms with Crippen LogP contribution in [0, 0.1) is 0 Å². The van der Waals surface area contributed by atoms with Crippen molar-refractivity contribution >= 4 is 17.7 Å². The van der Waals surface area contributed by atoms with E-state index in [1.54, 1.807) is 12.4 Å². The van der Waals surface area contributed by atoms with Crippen molar-refractivity contribution in [2.45, 2.75) is 17.4 Å². The van der Waals surface area contributed by atoms with Gasteiger partial charge in [0.1, 0.15) is 12.7 Å². The molecule has 0 unspecified atom stereocenters. The molecule has 1 amide bonds. The van der Waals surface area contributed by atoms with Crippen molar-refractivity contribution in [1.82, 2.24) is 10.3 Å². The van der Waals surface area contributed by atoms with E-state index >= 15 is 0 Å². The summed E-state index contributed by atoms with van der Waals surface area (Å²) >= 11 is 1.50. The highest BCUT2D eigenvalue weighted by Gasteiger charge is 2.20. The summed E-state index contributed by atoms with van der Waals surface area (Å²) in [6.45, 7) is 1.09. The number of rotatable bonds is 6. The summed E-state index contributed by atoms with van der Waals surface area (Å²) in [5, 5.41) is 2.91. The molecule has 1 atom stereocenters. The molecule has 0 spiro atoms. The van der Waals surface area contributed by atoms with Gasteiger partial charge in [0, 0.05) is 30.3 Å². The third kappa shape index (κ3) is 4.63. The number of ether oxygens (including phenoxy) is 2. The highest BCUT2D eigenvalue weighted by Crippen LogP contribution is 2.31. The lowest BCUT2D eigenvalue weighted by molar-refractivity contribution is -0.118. The van der Waals surface area contributed by atoms with E-state index in [2.05, 4.69) is 10.3 Å². The molecule has 3 rings (SSSR count). The largest absolute Gasteiger partial charge is 0.486 e. The van der Waals surface area contributed by atoms with Crippen LogP contribution in [0.5, 0.6) is 11.5 Å². The molecular weight excluding hydrogens is 312 g/mol. The van der Waals surface area contributed by atoms with Gasteiger partial charge >= 0.3 is 0 Å². The minimum atomic E-state index is -0.0296. The van der Waals surface area contributed by atoms with Crippen molar-refractivity contribution in [2.24, 2.45) is 0 Å². The smallest absolute Gasteiger partial charge is 0.230 e. The molecule has 1 aliphatic heterocycles. The molecule has 120 valence electrons. The van der Waals surface area contributed by atoms with Gasteiger partial charge < -0.3 is 14.8 Å². The zero-order valence-electron chi connectivity index (χ0n) is 12.6. The van der Waals surface area contributed by atoms with Crippen LogP contribution < -0.4 is 14.8 Å². The first kappa shape index (κ1) is 15.7. The number of nitrogens with one attached hydrogen (secondary N) is 1. The molecule has 2 aromatic rings. The summed E-state index contributed by atoms with van der Waals surface area (Å²) < 4.78 is 11.5. The second-order valence-electron chi connectivity index (χ2n) is 5.11. The Morgan fingerprint density at radius 1 is 1.22 bits per heavy atom. The maximum absolute atomic E-state index is 11.8. The highest BCUT2D eigenvalue weighted by molar-refractivity contribution is 8.00. The van der Waals surface area contributed by atoms with Crippen LogP contribution in [0.2, 0.25) is 0 Å². The van der Waals surface area contributed by atoms with Crippen molar-refractivity contribution in [1.29, 1.82) is 0 Å². The first-order valence-corrected chi connectivity index (χ1v) is 8.48. The van der Waals surface area contributed by atoms with Gasteiger partial charge in [-0.15, -0.1) is 11.8 Å². The van der Waals surface area contributed by atoms with Crippen molar-refractivity contribution in [3.8, 4) is 11.5 Å². The lowest BCUT2D eigenvalue weighted by Gasteiger charge is -2.26. The van der Waals surface area contributed by atoms with Gasteiger partial charge in [-0.2, -0.15) is 0 Å². The molecule has 2 heterocycles. The molecule has 1 aromatic heterocycles. The van der Waals surface area contributed by atoms with E-state index < -0.39 is 0 Å². The molecule has 23 heavy (non-hydrogen) atoms. The summed E-state index contributed by atoms with van der Waals surface area (Å²) in [6.07, 6.45) is 4.13. The predicted octanol–water partition coefficient (Wildman–Crippen LogP) is 2.52. The maximum Gasteiger partial charge on any atom is 0.230 e. The number of aromatic nitrogens is 1. The van der Waals surface area contributed by atoms with Gasteiger partial charge in [-0.05, 0) is 24.3 Å². The lowest BCUT2D eigenvalue weighted by Crippen LogP contribution is -2.34. The van der Waals surface area contributed by atoms with Crippen molar-refractivity contribution in [3.05, 3.63) is 48.8 Å². The van der Waals surface area contributed by atoms with E-state index in [1.165, 1.54) is 11.8 Å². The number of hydrogen-bond acceptors (Lipinski definition) is 5. The fourth-order valence-corrected chi connectivity index (χ4v) is 2.93. The highest BCUT2D eigenvalue weighted by atomic mass is 32.2. The number of amides is 1. The van der Waals surface area contributed by atoms with Crippen LogP contribution in [0.15, 0.2) is 53.7 Å². The second kappa shape index (κ2) is 7.87. The Kier molecular flexibility index (Phi) is 5.37. The zero-order chi connectivity index (χ0) is 15.9. The molecule has 0 aliphatic carbocycles. The molecule has 0 saturated heterocycles. The minimum Gasteiger partial charge on any atom is -0.486 e. The topological polar surface area (TPSA) is 60.5 Å². The number of benzene rings is 1.